The van der Waals surface area contributed by atoms with E-state index in [1.54, 1.807) is 31.6 Å². The summed E-state index contributed by atoms with van der Waals surface area (Å²) in [6.07, 6.45) is 3.27. The molecule has 0 radical (unpaired) electrons. The second kappa shape index (κ2) is 12.1. The number of phenolic OH excluding ortho intramolecular Hbond substituents is 1. The van der Waals surface area contributed by atoms with Crippen LogP contribution in [0.3, 0.4) is 0 Å². The van der Waals surface area contributed by atoms with Gasteiger partial charge in [-0.25, -0.2) is 9.18 Å². The normalized spacial score (nSPS) is 14.5. The van der Waals surface area contributed by atoms with Crippen LogP contribution in [0.1, 0.15) is 34.6 Å². The van der Waals surface area contributed by atoms with Gasteiger partial charge < -0.3 is 19.3 Å². The number of piperazine rings is 1. The highest BCUT2D eigenvalue weighted by Gasteiger charge is 2.26. The summed E-state index contributed by atoms with van der Waals surface area (Å²) in [5, 5.41) is 11.8. The van der Waals surface area contributed by atoms with Crippen LogP contribution in [-0.2, 0) is 7.05 Å². The third kappa shape index (κ3) is 6.45. The molecule has 9 heteroatoms. The predicted octanol–water partition coefficient (Wildman–Crippen LogP) is 6.96. The van der Waals surface area contributed by atoms with E-state index in [0.717, 1.165) is 31.9 Å². The van der Waals surface area contributed by atoms with Gasteiger partial charge in [0.05, 0.1) is 11.6 Å². The largest absolute Gasteiger partial charge is 0.507 e. The van der Waals surface area contributed by atoms with Crippen LogP contribution in [0.15, 0.2) is 65.7 Å². The van der Waals surface area contributed by atoms with Gasteiger partial charge in [-0.05, 0) is 74.2 Å². The van der Waals surface area contributed by atoms with Crippen molar-refractivity contribution >= 4 is 17.3 Å². The number of imidazole rings is 1. The van der Waals surface area contributed by atoms with Crippen molar-refractivity contribution in [3.8, 4) is 39.4 Å². The molecule has 3 aromatic carbocycles. The zero-order chi connectivity index (χ0) is 31.1. The van der Waals surface area contributed by atoms with Gasteiger partial charge in [0.2, 0.25) is 0 Å². The lowest BCUT2D eigenvalue weighted by Gasteiger charge is -2.43. The molecule has 0 bridgehead atoms. The predicted molar refractivity (Wildman–Crippen MR) is 172 cm³/mol. The first-order valence-electron chi connectivity index (χ1n) is 14.7. The highest BCUT2D eigenvalue weighted by Crippen LogP contribution is 2.43. The molecule has 0 saturated carbocycles. The van der Waals surface area contributed by atoms with Gasteiger partial charge in [0.1, 0.15) is 23.0 Å². The molecule has 228 valence electrons. The Morgan fingerprint density at radius 3 is 2.26 bits per heavy atom. The summed E-state index contributed by atoms with van der Waals surface area (Å²) in [7, 11) is 1.66. The lowest BCUT2D eigenvalue weighted by Crippen LogP contribution is -2.53. The SMILES string of the molecule is CC(C)COc1cc(-c2cc(F)cc(-c3cccc(N4CCN(C(C)(C)C)CC4)c3)c2O)cc(Cl)c1-n1ccn(C)c1=O. The summed E-state index contributed by atoms with van der Waals surface area (Å²) in [6.45, 7) is 14.8. The number of aryl methyl sites for hydroxylation is 1. The Labute approximate surface area is 257 Å². The van der Waals surface area contributed by atoms with Gasteiger partial charge >= 0.3 is 5.69 Å². The van der Waals surface area contributed by atoms with E-state index in [0.29, 0.717) is 34.7 Å². The minimum absolute atomic E-state index is 0.0633. The number of anilines is 1. The van der Waals surface area contributed by atoms with E-state index in [1.807, 2.05) is 32.0 Å². The van der Waals surface area contributed by atoms with Crippen molar-refractivity contribution in [3.63, 3.8) is 0 Å². The minimum atomic E-state index is -0.490. The third-order valence-corrected chi connectivity index (χ3v) is 8.21. The smallest absolute Gasteiger partial charge is 0.332 e. The standard InChI is InChI=1S/C34H40ClFN4O3/c1-22(2)21-43-30-18-24(17-29(35)31(30)40-15-10-37(6)33(40)42)28-20-25(36)19-27(32(28)41)23-8-7-9-26(16-23)38-11-13-39(14-12-38)34(3,4)5/h7-10,15-20,22,41H,11-14,21H2,1-6H3. The molecule has 1 aromatic heterocycles. The molecule has 43 heavy (non-hydrogen) atoms. The molecular weight excluding hydrogens is 567 g/mol. The molecule has 2 heterocycles. The maximum atomic E-state index is 15.2. The summed E-state index contributed by atoms with van der Waals surface area (Å²) < 4.78 is 24.2. The second-order valence-corrected chi connectivity index (χ2v) is 13.0. The van der Waals surface area contributed by atoms with Crippen LogP contribution >= 0.6 is 11.6 Å². The van der Waals surface area contributed by atoms with Crippen molar-refractivity contribution in [1.29, 1.82) is 0 Å². The topological polar surface area (TPSA) is 62.9 Å². The Bertz CT molecular complexity index is 1680. The summed E-state index contributed by atoms with van der Waals surface area (Å²) in [6, 6.07) is 13.8. The van der Waals surface area contributed by atoms with Gasteiger partial charge in [0.25, 0.3) is 0 Å². The molecule has 7 nitrogen and oxygen atoms in total. The number of hydrogen-bond acceptors (Lipinski definition) is 5. The number of rotatable bonds is 7. The number of phenols is 1. The molecule has 1 aliphatic rings. The minimum Gasteiger partial charge on any atom is -0.507 e. The van der Waals surface area contributed by atoms with Crippen molar-refractivity contribution in [2.24, 2.45) is 13.0 Å². The van der Waals surface area contributed by atoms with Crippen LogP contribution in [0, 0.1) is 11.7 Å². The Balaban J connectivity index is 1.54. The molecule has 1 saturated heterocycles. The fourth-order valence-electron chi connectivity index (χ4n) is 5.51. The molecule has 4 aromatic rings. The molecule has 1 fully saturated rings. The average molecular weight is 607 g/mol. The molecule has 0 spiro atoms. The Hall–Kier alpha value is -3.75. The van der Waals surface area contributed by atoms with E-state index in [1.165, 1.54) is 21.3 Å². The van der Waals surface area contributed by atoms with Gasteiger partial charge in [-0.15, -0.1) is 0 Å². The molecule has 5 rings (SSSR count). The number of hydrogen-bond donors (Lipinski definition) is 1. The van der Waals surface area contributed by atoms with Crippen molar-refractivity contribution in [2.45, 2.75) is 40.2 Å². The molecule has 1 aliphatic heterocycles. The molecule has 0 unspecified atom stereocenters. The average Bonchev–Trinajstić information content (AvgIpc) is 3.29. The quantitative estimate of drug-likeness (QED) is 0.246. The third-order valence-electron chi connectivity index (χ3n) is 7.93. The lowest BCUT2D eigenvalue weighted by atomic mass is 9.96. The van der Waals surface area contributed by atoms with E-state index < -0.39 is 5.82 Å². The zero-order valence-electron chi connectivity index (χ0n) is 25.7. The summed E-state index contributed by atoms with van der Waals surface area (Å²) >= 11 is 6.78. The first kappa shape index (κ1) is 30.7. The van der Waals surface area contributed by atoms with Crippen molar-refractivity contribution in [3.05, 3.63) is 82.2 Å². The van der Waals surface area contributed by atoms with Gasteiger partial charge in [-0.1, -0.05) is 37.6 Å². The summed E-state index contributed by atoms with van der Waals surface area (Å²) in [4.78, 5) is 17.6. The van der Waals surface area contributed by atoms with E-state index in [-0.39, 0.29) is 33.5 Å². The van der Waals surface area contributed by atoms with Gasteiger partial charge in [-0.2, -0.15) is 0 Å². The zero-order valence-corrected chi connectivity index (χ0v) is 26.5. The number of halogens is 2. The number of aromatic nitrogens is 2. The number of aromatic hydroxyl groups is 1. The summed E-state index contributed by atoms with van der Waals surface area (Å²) in [5.41, 5.74) is 3.12. The van der Waals surface area contributed by atoms with Crippen molar-refractivity contribution in [2.75, 3.05) is 37.7 Å². The van der Waals surface area contributed by atoms with Crippen LogP contribution in [0.2, 0.25) is 5.02 Å². The number of ether oxygens (including phenoxy) is 1. The molecule has 0 atom stereocenters. The van der Waals surface area contributed by atoms with E-state index >= 15 is 4.39 Å². The first-order chi connectivity index (χ1) is 20.3. The second-order valence-electron chi connectivity index (χ2n) is 12.6. The number of nitrogens with zero attached hydrogens (tertiary/aromatic N) is 4. The molecule has 0 amide bonds. The monoisotopic (exact) mass is 606 g/mol. The van der Waals surface area contributed by atoms with Crippen LogP contribution in [0.4, 0.5) is 10.1 Å². The van der Waals surface area contributed by atoms with E-state index in [4.69, 9.17) is 16.3 Å². The highest BCUT2D eigenvalue weighted by atomic mass is 35.5. The van der Waals surface area contributed by atoms with Gasteiger partial charge in [-0.3, -0.25) is 9.47 Å². The Morgan fingerprint density at radius 1 is 0.977 bits per heavy atom. The van der Waals surface area contributed by atoms with Crippen molar-refractivity contribution in [1.82, 2.24) is 14.0 Å². The highest BCUT2D eigenvalue weighted by molar-refractivity contribution is 6.33. The van der Waals surface area contributed by atoms with Gasteiger partial charge in [0.15, 0.2) is 0 Å². The molecular formula is C34H40ClFN4O3. The Morgan fingerprint density at radius 2 is 1.65 bits per heavy atom. The van der Waals surface area contributed by atoms with Crippen molar-refractivity contribution < 1.29 is 14.2 Å². The lowest BCUT2D eigenvalue weighted by molar-refractivity contribution is 0.128. The fourth-order valence-corrected chi connectivity index (χ4v) is 5.81. The van der Waals surface area contributed by atoms with Crippen LogP contribution in [0.5, 0.6) is 11.5 Å². The fraction of sp³-hybridized carbons (Fsp3) is 0.382. The van der Waals surface area contributed by atoms with Gasteiger partial charge in [0, 0.05) is 68.0 Å². The summed E-state index contributed by atoms with van der Waals surface area (Å²) in [5.74, 6) is 0.0227. The van der Waals surface area contributed by atoms with Crippen LogP contribution in [-0.4, -0.2) is 57.5 Å². The first-order valence-corrected chi connectivity index (χ1v) is 15.1. The van der Waals surface area contributed by atoms with Crippen LogP contribution in [0.25, 0.3) is 27.9 Å². The maximum absolute atomic E-state index is 15.2. The van der Waals surface area contributed by atoms with Crippen LogP contribution < -0.4 is 15.3 Å². The molecule has 1 N–H and O–H groups in total. The molecule has 0 aliphatic carbocycles. The number of benzene rings is 3. The van der Waals surface area contributed by atoms with E-state index in [2.05, 4.69) is 36.6 Å². The van der Waals surface area contributed by atoms with E-state index in [9.17, 15) is 9.90 Å². The maximum Gasteiger partial charge on any atom is 0.332 e. The Kier molecular flexibility index (Phi) is 8.63.